The highest BCUT2D eigenvalue weighted by atomic mass is 16.3. The van der Waals surface area contributed by atoms with Gasteiger partial charge in [-0.05, 0) is 18.6 Å². The van der Waals surface area contributed by atoms with Crippen LogP contribution in [0.25, 0.3) is 11.0 Å². The van der Waals surface area contributed by atoms with E-state index in [1.54, 1.807) is 0 Å². The van der Waals surface area contributed by atoms with Crippen LogP contribution in [0.5, 0.6) is 0 Å². The number of aromatic nitrogens is 2. The third-order valence-electron chi connectivity index (χ3n) is 3.62. The summed E-state index contributed by atoms with van der Waals surface area (Å²) >= 11 is 0. The van der Waals surface area contributed by atoms with E-state index in [0.717, 1.165) is 36.1 Å². The Morgan fingerprint density at radius 1 is 1.32 bits per heavy atom. The zero-order valence-corrected chi connectivity index (χ0v) is 11.7. The minimum Gasteiger partial charge on any atom is -0.394 e. The molecule has 19 heavy (non-hydrogen) atoms. The summed E-state index contributed by atoms with van der Waals surface area (Å²) in [7, 11) is 0. The molecule has 0 radical (unpaired) electrons. The lowest BCUT2D eigenvalue weighted by atomic mass is 10.0. The van der Waals surface area contributed by atoms with Crippen molar-refractivity contribution in [1.29, 1.82) is 0 Å². The molecule has 4 nitrogen and oxygen atoms in total. The van der Waals surface area contributed by atoms with Crippen molar-refractivity contribution < 1.29 is 5.11 Å². The highest BCUT2D eigenvalue weighted by molar-refractivity contribution is 5.76. The number of nitrogens with zero attached hydrogens (tertiary/aromatic N) is 2. The summed E-state index contributed by atoms with van der Waals surface area (Å²) in [6, 6.07) is 7.90. The van der Waals surface area contributed by atoms with Crippen LogP contribution in [0.1, 0.15) is 38.6 Å². The standard InChI is InChI=1S/C15H23N3O/c1-3-7-11(16)14(10-19)18-13-9-6-5-8-12(13)17-15(18)4-2/h5-6,8-9,11,14,19H,3-4,7,10,16H2,1-2H3. The van der Waals surface area contributed by atoms with Gasteiger partial charge in [0.05, 0.1) is 23.7 Å². The van der Waals surface area contributed by atoms with Gasteiger partial charge in [-0.1, -0.05) is 32.4 Å². The smallest absolute Gasteiger partial charge is 0.109 e. The summed E-state index contributed by atoms with van der Waals surface area (Å²) in [6.07, 6.45) is 2.76. The zero-order chi connectivity index (χ0) is 13.8. The minimum absolute atomic E-state index is 0.0436. The molecule has 2 rings (SSSR count). The summed E-state index contributed by atoms with van der Waals surface area (Å²) in [6.45, 7) is 4.24. The fourth-order valence-electron chi connectivity index (χ4n) is 2.65. The van der Waals surface area contributed by atoms with Crippen molar-refractivity contribution in [3.63, 3.8) is 0 Å². The molecule has 1 aromatic heterocycles. The maximum absolute atomic E-state index is 9.75. The Balaban J connectivity index is 2.51. The lowest BCUT2D eigenvalue weighted by Gasteiger charge is -2.25. The Kier molecular flexibility index (Phi) is 4.56. The Labute approximate surface area is 114 Å². The zero-order valence-electron chi connectivity index (χ0n) is 11.7. The molecule has 2 atom stereocenters. The number of imidazole rings is 1. The van der Waals surface area contributed by atoms with Gasteiger partial charge < -0.3 is 15.4 Å². The summed E-state index contributed by atoms with van der Waals surface area (Å²) in [5, 5.41) is 9.75. The van der Waals surface area contributed by atoms with Crippen LogP contribution in [0, 0.1) is 0 Å². The van der Waals surface area contributed by atoms with Gasteiger partial charge in [0.15, 0.2) is 0 Å². The SMILES string of the molecule is CCCC(N)C(CO)n1c(CC)nc2ccccc21. The second kappa shape index (κ2) is 6.17. The molecule has 1 aromatic carbocycles. The van der Waals surface area contributed by atoms with Gasteiger partial charge in [0.2, 0.25) is 0 Å². The number of hydrogen-bond donors (Lipinski definition) is 2. The van der Waals surface area contributed by atoms with Crippen molar-refractivity contribution >= 4 is 11.0 Å². The second-order valence-corrected chi connectivity index (χ2v) is 4.94. The number of aliphatic hydroxyl groups is 1. The van der Waals surface area contributed by atoms with Gasteiger partial charge in [0, 0.05) is 12.5 Å². The number of aryl methyl sites for hydroxylation is 1. The number of benzene rings is 1. The summed E-state index contributed by atoms with van der Waals surface area (Å²) in [4.78, 5) is 4.64. The lowest BCUT2D eigenvalue weighted by Crippen LogP contribution is -2.35. The molecule has 1 heterocycles. The Hall–Kier alpha value is -1.39. The normalized spacial score (nSPS) is 14.7. The number of hydrogen-bond acceptors (Lipinski definition) is 3. The van der Waals surface area contributed by atoms with Crippen molar-refractivity contribution in [1.82, 2.24) is 9.55 Å². The Morgan fingerprint density at radius 3 is 2.68 bits per heavy atom. The molecule has 0 aliphatic heterocycles. The Morgan fingerprint density at radius 2 is 2.05 bits per heavy atom. The van der Waals surface area contributed by atoms with Crippen LogP contribution in [0.15, 0.2) is 24.3 Å². The first kappa shape index (κ1) is 14.0. The van der Waals surface area contributed by atoms with E-state index in [2.05, 4.69) is 23.4 Å². The molecular weight excluding hydrogens is 238 g/mol. The second-order valence-electron chi connectivity index (χ2n) is 4.94. The fraction of sp³-hybridized carbons (Fsp3) is 0.533. The molecule has 0 saturated carbocycles. The van der Waals surface area contributed by atoms with E-state index in [4.69, 9.17) is 5.73 Å². The van der Waals surface area contributed by atoms with Crippen molar-refractivity contribution in [2.45, 2.75) is 45.2 Å². The van der Waals surface area contributed by atoms with Crippen molar-refractivity contribution in [2.24, 2.45) is 5.73 Å². The summed E-state index contributed by atoms with van der Waals surface area (Å²) in [5.74, 6) is 0.992. The molecule has 4 heteroatoms. The monoisotopic (exact) mass is 261 g/mol. The first-order valence-corrected chi connectivity index (χ1v) is 7.05. The van der Waals surface area contributed by atoms with Crippen LogP contribution in [-0.4, -0.2) is 27.3 Å². The highest BCUT2D eigenvalue weighted by Gasteiger charge is 2.22. The van der Waals surface area contributed by atoms with E-state index >= 15 is 0 Å². The molecule has 2 unspecified atom stereocenters. The van der Waals surface area contributed by atoms with Crippen LogP contribution in [0.3, 0.4) is 0 Å². The van der Waals surface area contributed by atoms with Crippen molar-refractivity contribution in [3.05, 3.63) is 30.1 Å². The molecule has 0 fully saturated rings. The van der Waals surface area contributed by atoms with Crippen molar-refractivity contribution in [2.75, 3.05) is 6.61 Å². The maximum Gasteiger partial charge on any atom is 0.109 e. The van der Waals surface area contributed by atoms with E-state index in [9.17, 15) is 5.11 Å². The van der Waals surface area contributed by atoms with Gasteiger partial charge in [-0.2, -0.15) is 0 Å². The van der Waals surface area contributed by atoms with E-state index in [1.165, 1.54) is 0 Å². The van der Waals surface area contributed by atoms with Gasteiger partial charge in [0.25, 0.3) is 0 Å². The average Bonchev–Trinajstić information content (AvgIpc) is 2.79. The highest BCUT2D eigenvalue weighted by Crippen LogP contribution is 2.24. The number of aliphatic hydroxyl groups excluding tert-OH is 1. The first-order chi connectivity index (χ1) is 9.22. The first-order valence-electron chi connectivity index (χ1n) is 7.05. The van der Waals surface area contributed by atoms with Gasteiger partial charge in [0.1, 0.15) is 5.82 Å². The lowest BCUT2D eigenvalue weighted by molar-refractivity contribution is 0.203. The average molecular weight is 261 g/mol. The third kappa shape index (κ3) is 2.65. The Bertz CT molecular complexity index is 535. The van der Waals surface area contributed by atoms with Crippen LogP contribution in [0.2, 0.25) is 0 Å². The maximum atomic E-state index is 9.75. The largest absolute Gasteiger partial charge is 0.394 e. The molecule has 0 spiro atoms. The van der Waals surface area contributed by atoms with E-state index in [0.29, 0.717) is 0 Å². The predicted molar refractivity (Wildman–Crippen MR) is 78.1 cm³/mol. The van der Waals surface area contributed by atoms with Gasteiger partial charge in [-0.25, -0.2) is 4.98 Å². The molecule has 3 N–H and O–H groups in total. The summed E-state index contributed by atoms with van der Waals surface area (Å²) < 4.78 is 2.12. The quantitative estimate of drug-likeness (QED) is 0.838. The topological polar surface area (TPSA) is 64.1 Å². The molecule has 104 valence electrons. The predicted octanol–water partition coefficient (Wildman–Crippen LogP) is 2.26. The number of fused-ring (bicyclic) bond motifs is 1. The number of rotatable bonds is 6. The molecular formula is C15H23N3O. The van der Waals surface area contributed by atoms with Gasteiger partial charge in [-0.15, -0.1) is 0 Å². The number of nitrogens with two attached hydrogens (primary N) is 1. The van der Waals surface area contributed by atoms with Crippen LogP contribution >= 0.6 is 0 Å². The molecule has 0 aliphatic rings. The van der Waals surface area contributed by atoms with Crippen LogP contribution < -0.4 is 5.73 Å². The van der Waals surface area contributed by atoms with E-state index < -0.39 is 0 Å². The summed E-state index contributed by atoms with van der Waals surface area (Å²) in [5.41, 5.74) is 8.27. The number of para-hydroxylation sites is 2. The minimum atomic E-state index is -0.0951. The molecule has 0 amide bonds. The van der Waals surface area contributed by atoms with Crippen LogP contribution in [-0.2, 0) is 6.42 Å². The van der Waals surface area contributed by atoms with E-state index in [1.807, 2.05) is 24.3 Å². The van der Waals surface area contributed by atoms with Crippen molar-refractivity contribution in [3.8, 4) is 0 Å². The molecule has 0 aliphatic carbocycles. The molecule has 2 aromatic rings. The van der Waals surface area contributed by atoms with Gasteiger partial charge >= 0.3 is 0 Å². The molecule has 0 saturated heterocycles. The van der Waals surface area contributed by atoms with Gasteiger partial charge in [-0.3, -0.25) is 0 Å². The third-order valence-corrected chi connectivity index (χ3v) is 3.62. The van der Waals surface area contributed by atoms with E-state index in [-0.39, 0.29) is 18.7 Å². The van der Waals surface area contributed by atoms with Crippen LogP contribution in [0.4, 0.5) is 0 Å². The molecule has 0 bridgehead atoms. The fourth-order valence-corrected chi connectivity index (χ4v) is 2.65.